The van der Waals surface area contributed by atoms with Gasteiger partial charge in [0.05, 0.1) is 13.2 Å². The average molecular weight is 478 g/mol. The first-order chi connectivity index (χ1) is 16.7. The summed E-state index contributed by atoms with van der Waals surface area (Å²) in [6.45, 7) is 2.68. The highest BCUT2D eigenvalue weighted by Gasteiger charge is 2.36. The third kappa shape index (κ3) is 5.83. The van der Waals surface area contributed by atoms with Gasteiger partial charge in [-0.05, 0) is 49.4 Å². The minimum atomic E-state index is -0.846. The van der Waals surface area contributed by atoms with Crippen molar-refractivity contribution in [3.05, 3.63) is 82.3 Å². The SMILES string of the molecule is CCOc1ccccc1[C@H](C(=O)NC1CCCCC1)N(Cc1cccs1)C(=O)c1ccccn1. The number of ether oxygens (including phenoxy) is 1. The fraction of sp³-hybridized carbons (Fsp3) is 0.370. The van der Waals surface area contributed by atoms with Crippen LogP contribution in [0.15, 0.2) is 66.2 Å². The molecule has 3 aromatic rings. The van der Waals surface area contributed by atoms with Gasteiger partial charge in [-0.2, -0.15) is 0 Å². The zero-order valence-corrected chi connectivity index (χ0v) is 20.3. The third-order valence-electron chi connectivity index (χ3n) is 6.08. The van der Waals surface area contributed by atoms with E-state index >= 15 is 0 Å². The number of carbonyl (C=O) groups excluding carboxylic acids is 2. The molecule has 4 rings (SSSR count). The number of benzene rings is 1. The maximum absolute atomic E-state index is 13.9. The number of aromatic nitrogens is 1. The summed E-state index contributed by atoms with van der Waals surface area (Å²) in [5.74, 6) is 0.141. The Morgan fingerprint density at radius 1 is 1.09 bits per heavy atom. The molecule has 2 aromatic heterocycles. The summed E-state index contributed by atoms with van der Waals surface area (Å²) in [6, 6.07) is 16.0. The molecule has 1 aromatic carbocycles. The summed E-state index contributed by atoms with van der Waals surface area (Å²) in [5, 5.41) is 5.22. The Balaban J connectivity index is 1.76. The summed E-state index contributed by atoms with van der Waals surface area (Å²) in [6.07, 6.45) is 6.94. The van der Waals surface area contributed by atoms with Gasteiger partial charge >= 0.3 is 0 Å². The summed E-state index contributed by atoms with van der Waals surface area (Å²) in [4.78, 5) is 34.6. The molecule has 0 radical (unpaired) electrons. The molecule has 1 N–H and O–H groups in total. The number of amides is 2. The van der Waals surface area contributed by atoms with Crippen molar-refractivity contribution in [2.24, 2.45) is 0 Å². The second-order valence-electron chi connectivity index (χ2n) is 8.44. The van der Waals surface area contributed by atoms with Gasteiger partial charge in [0.15, 0.2) is 0 Å². The van der Waals surface area contributed by atoms with Gasteiger partial charge in [0.25, 0.3) is 5.91 Å². The Kier molecular flexibility index (Phi) is 8.31. The van der Waals surface area contributed by atoms with E-state index in [-0.39, 0.29) is 17.9 Å². The molecule has 2 amide bonds. The van der Waals surface area contributed by atoms with Gasteiger partial charge < -0.3 is 15.0 Å². The van der Waals surface area contributed by atoms with Gasteiger partial charge in [0, 0.05) is 22.7 Å². The predicted molar refractivity (Wildman–Crippen MR) is 134 cm³/mol. The predicted octanol–water partition coefficient (Wildman–Crippen LogP) is 5.37. The summed E-state index contributed by atoms with van der Waals surface area (Å²) in [7, 11) is 0. The minimum Gasteiger partial charge on any atom is -0.494 e. The Morgan fingerprint density at radius 2 is 1.88 bits per heavy atom. The van der Waals surface area contributed by atoms with Crippen molar-refractivity contribution in [1.82, 2.24) is 15.2 Å². The van der Waals surface area contributed by atoms with E-state index in [0.717, 1.165) is 30.6 Å². The molecule has 0 aliphatic heterocycles. The largest absolute Gasteiger partial charge is 0.494 e. The van der Waals surface area contributed by atoms with Crippen molar-refractivity contribution >= 4 is 23.2 Å². The number of nitrogens with zero attached hydrogens (tertiary/aromatic N) is 2. The van der Waals surface area contributed by atoms with Crippen LogP contribution in [-0.4, -0.2) is 34.3 Å². The van der Waals surface area contributed by atoms with Crippen LogP contribution in [0.3, 0.4) is 0 Å². The number of nitrogens with one attached hydrogen (secondary N) is 1. The number of para-hydroxylation sites is 1. The molecule has 0 bridgehead atoms. The number of hydrogen-bond acceptors (Lipinski definition) is 5. The molecule has 178 valence electrons. The highest BCUT2D eigenvalue weighted by atomic mass is 32.1. The van der Waals surface area contributed by atoms with E-state index in [0.29, 0.717) is 30.2 Å². The van der Waals surface area contributed by atoms with Crippen LogP contribution in [0.25, 0.3) is 0 Å². The van der Waals surface area contributed by atoms with Crippen molar-refractivity contribution < 1.29 is 14.3 Å². The molecule has 7 heteroatoms. The molecular formula is C27H31N3O3S. The Morgan fingerprint density at radius 3 is 2.59 bits per heavy atom. The second kappa shape index (κ2) is 11.8. The van der Waals surface area contributed by atoms with Crippen LogP contribution in [0, 0.1) is 0 Å². The average Bonchev–Trinajstić information content (AvgIpc) is 3.39. The zero-order chi connectivity index (χ0) is 23.8. The van der Waals surface area contributed by atoms with Gasteiger partial charge in [-0.1, -0.05) is 49.6 Å². The molecule has 0 unspecified atom stereocenters. The number of hydrogen-bond donors (Lipinski definition) is 1. The molecule has 1 saturated carbocycles. The van der Waals surface area contributed by atoms with Crippen LogP contribution in [0.2, 0.25) is 0 Å². The monoisotopic (exact) mass is 477 g/mol. The van der Waals surface area contributed by atoms with Gasteiger partial charge in [-0.15, -0.1) is 11.3 Å². The fourth-order valence-corrected chi connectivity index (χ4v) is 5.16. The first-order valence-electron chi connectivity index (χ1n) is 11.9. The van der Waals surface area contributed by atoms with E-state index in [9.17, 15) is 9.59 Å². The zero-order valence-electron chi connectivity index (χ0n) is 19.5. The molecule has 1 aliphatic carbocycles. The lowest BCUT2D eigenvalue weighted by Gasteiger charge is -2.33. The lowest BCUT2D eigenvalue weighted by Crippen LogP contribution is -2.47. The third-order valence-corrected chi connectivity index (χ3v) is 6.94. The van der Waals surface area contributed by atoms with Crippen molar-refractivity contribution in [2.45, 2.75) is 57.7 Å². The van der Waals surface area contributed by atoms with Crippen molar-refractivity contribution in [3.8, 4) is 5.75 Å². The maximum atomic E-state index is 13.9. The molecule has 1 aliphatic rings. The molecule has 1 atom stereocenters. The molecule has 0 saturated heterocycles. The Hall–Kier alpha value is -3.19. The first kappa shape index (κ1) is 24.0. The van der Waals surface area contributed by atoms with Crippen LogP contribution in [0.5, 0.6) is 5.75 Å². The highest BCUT2D eigenvalue weighted by molar-refractivity contribution is 7.09. The molecule has 2 heterocycles. The Labute approximate surface area is 205 Å². The van der Waals surface area contributed by atoms with E-state index in [2.05, 4.69) is 10.3 Å². The summed E-state index contributed by atoms with van der Waals surface area (Å²) in [5.41, 5.74) is 0.988. The number of pyridine rings is 1. The van der Waals surface area contributed by atoms with Crippen LogP contribution in [0.1, 0.15) is 66.0 Å². The minimum absolute atomic E-state index is 0.122. The number of carbonyl (C=O) groups is 2. The molecular weight excluding hydrogens is 446 g/mol. The lowest BCUT2D eigenvalue weighted by molar-refractivity contribution is -0.127. The van der Waals surface area contributed by atoms with E-state index in [1.807, 2.05) is 48.7 Å². The molecule has 34 heavy (non-hydrogen) atoms. The van der Waals surface area contributed by atoms with Crippen LogP contribution >= 0.6 is 11.3 Å². The topological polar surface area (TPSA) is 71.5 Å². The van der Waals surface area contributed by atoms with E-state index in [1.54, 1.807) is 40.6 Å². The van der Waals surface area contributed by atoms with Crippen molar-refractivity contribution in [2.75, 3.05) is 6.61 Å². The number of thiophene rings is 1. The smallest absolute Gasteiger partial charge is 0.273 e. The van der Waals surface area contributed by atoms with E-state index < -0.39 is 6.04 Å². The second-order valence-corrected chi connectivity index (χ2v) is 9.48. The van der Waals surface area contributed by atoms with Crippen LogP contribution in [-0.2, 0) is 11.3 Å². The van der Waals surface area contributed by atoms with Crippen LogP contribution in [0.4, 0.5) is 0 Å². The van der Waals surface area contributed by atoms with Crippen molar-refractivity contribution in [1.29, 1.82) is 0 Å². The standard InChI is InChI=1S/C27H31N3O3S/c1-2-33-24-16-7-6-14-22(24)25(26(31)29-20-11-4-3-5-12-20)30(19-21-13-10-18-34-21)27(32)23-15-8-9-17-28-23/h6-10,13-18,20,25H,2-5,11-12,19H2,1H3,(H,29,31)/t25-/m1/s1. The molecule has 0 spiro atoms. The van der Waals surface area contributed by atoms with Crippen LogP contribution < -0.4 is 10.1 Å². The van der Waals surface area contributed by atoms with E-state index in [1.165, 1.54) is 6.42 Å². The van der Waals surface area contributed by atoms with Gasteiger partial charge in [-0.25, -0.2) is 0 Å². The lowest BCUT2D eigenvalue weighted by atomic mass is 9.94. The quantitative estimate of drug-likeness (QED) is 0.449. The molecule has 6 nitrogen and oxygen atoms in total. The van der Waals surface area contributed by atoms with Gasteiger partial charge in [0.2, 0.25) is 5.91 Å². The van der Waals surface area contributed by atoms with Gasteiger partial charge in [0.1, 0.15) is 17.5 Å². The summed E-state index contributed by atoms with van der Waals surface area (Å²) < 4.78 is 5.90. The molecule has 1 fully saturated rings. The summed E-state index contributed by atoms with van der Waals surface area (Å²) >= 11 is 1.56. The first-order valence-corrected chi connectivity index (χ1v) is 12.8. The Bertz CT molecular complexity index is 1070. The number of rotatable bonds is 9. The van der Waals surface area contributed by atoms with E-state index in [4.69, 9.17) is 4.74 Å². The van der Waals surface area contributed by atoms with Crippen molar-refractivity contribution in [3.63, 3.8) is 0 Å². The van der Waals surface area contributed by atoms with Gasteiger partial charge in [-0.3, -0.25) is 14.6 Å². The normalized spacial score (nSPS) is 14.9. The maximum Gasteiger partial charge on any atom is 0.273 e. The fourth-order valence-electron chi connectivity index (χ4n) is 4.46. The highest BCUT2D eigenvalue weighted by Crippen LogP contribution is 2.33.